The van der Waals surface area contributed by atoms with Gasteiger partial charge in [0.2, 0.25) is 15.8 Å². The van der Waals surface area contributed by atoms with Crippen molar-refractivity contribution < 1.29 is 22.8 Å². The minimum absolute atomic E-state index is 0.0267. The van der Waals surface area contributed by atoms with Crippen LogP contribution in [0.1, 0.15) is 19.8 Å². The zero-order chi connectivity index (χ0) is 20.3. The van der Waals surface area contributed by atoms with Crippen molar-refractivity contribution in [3.8, 4) is 17.2 Å². The molecule has 0 saturated carbocycles. The van der Waals surface area contributed by atoms with Gasteiger partial charge in [-0.05, 0) is 55.2 Å². The lowest BCUT2D eigenvalue weighted by atomic mass is 10.0. The van der Waals surface area contributed by atoms with Crippen molar-refractivity contribution in [3.05, 3.63) is 52.6 Å². The largest absolute Gasteiger partial charge is 0.497 e. The van der Waals surface area contributed by atoms with Crippen LogP contribution in [0, 0.1) is 16.0 Å². The Balaban J connectivity index is 1.91. The Labute approximate surface area is 163 Å². The van der Waals surface area contributed by atoms with Crippen molar-refractivity contribution in [1.82, 2.24) is 4.31 Å². The van der Waals surface area contributed by atoms with E-state index < -0.39 is 20.6 Å². The highest BCUT2D eigenvalue weighted by molar-refractivity contribution is 7.89. The number of nitro benzene ring substituents is 1. The van der Waals surface area contributed by atoms with Crippen LogP contribution in [0.2, 0.25) is 0 Å². The summed E-state index contributed by atoms with van der Waals surface area (Å²) in [5.74, 6) is 1.24. The van der Waals surface area contributed by atoms with Crippen LogP contribution in [-0.4, -0.2) is 37.8 Å². The Morgan fingerprint density at radius 1 is 1.14 bits per heavy atom. The van der Waals surface area contributed by atoms with Crippen molar-refractivity contribution in [3.63, 3.8) is 0 Å². The number of sulfonamides is 1. The quantitative estimate of drug-likeness (QED) is 0.534. The van der Waals surface area contributed by atoms with Gasteiger partial charge in [-0.15, -0.1) is 0 Å². The van der Waals surface area contributed by atoms with Gasteiger partial charge >= 0.3 is 5.69 Å². The molecule has 0 amide bonds. The van der Waals surface area contributed by atoms with Gasteiger partial charge in [-0.3, -0.25) is 10.1 Å². The Kier molecular flexibility index (Phi) is 5.85. The molecule has 1 heterocycles. The molecule has 1 fully saturated rings. The summed E-state index contributed by atoms with van der Waals surface area (Å²) in [4.78, 5) is 10.8. The summed E-state index contributed by atoms with van der Waals surface area (Å²) in [5.41, 5.74) is -0.401. The number of piperidine rings is 1. The Morgan fingerprint density at radius 3 is 2.43 bits per heavy atom. The van der Waals surface area contributed by atoms with E-state index in [0.717, 1.165) is 18.9 Å². The van der Waals surface area contributed by atoms with E-state index >= 15 is 0 Å². The van der Waals surface area contributed by atoms with Crippen LogP contribution in [0.3, 0.4) is 0 Å². The molecule has 1 aliphatic heterocycles. The molecular weight excluding hydrogens is 384 g/mol. The van der Waals surface area contributed by atoms with Crippen LogP contribution in [0.25, 0.3) is 0 Å². The topological polar surface area (TPSA) is 99.0 Å². The molecule has 0 unspecified atom stereocenters. The van der Waals surface area contributed by atoms with E-state index in [1.54, 1.807) is 24.3 Å². The van der Waals surface area contributed by atoms with Crippen LogP contribution in [0.5, 0.6) is 17.2 Å². The number of hydrogen-bond donors (Lipinski definition) is 0. The summed E-state index contributed by atoms with van der Waals surface area (Å²) >= 11 is 0. The molecular formula is C19H22N2O6S. The first kappa shape index (κ1) is 20.1. The second kappa shape index (κ2) is 8.15. The molecule has 0 spiro atoms. The van der Waals surface area contributed by atoms with Crippen molar-refractivity contribution >= 4 is 15.7 Å². The molecule has 0 radical (unpaired) electrons. The molecule has 1 saturated heterocycles. The maximum atomic E-state index is 12.9. The maximum absolute atomic E-state index is 12.9. The van der Waals surface area contributed by atoms with E-state index in [4.69, 9.17) is 9.47 Å². The summed E-state index contributed by atoms with van der Waals surface area (Å²) in [6.45, 7) is 2.83. The number of hydrogen-bond acceptors (Lipinski definition) is 6. The minimum Gasteiger partial charge on any atom is -0.497 e. The molecule has 1 atom stereocenters. The molecule has 1 aliphatic rings. The number of nitro groups is 1. The predicted molar refractivity (Wildman–Crippen MR) is 103 cm³/mol. The first-order chi connectivity index (χ1) is 13.3. The van der Waals surface area contributed by atoms with Crippen molar-refractivity contribution in [2.75, 3.05) is 20.2 Å². The third kappa shape index (κ3) is 4.26. The van der Waals surface area contributed by atoms with Crippen molar-refractivity contribution in [2.24, 2.45) is 5.92 Å². The van der Waals surface area contributed by atoms with E-state index in [1.165, 1.54) is 23.5 Å². The Bertz CT molecular complexity index is 959. The van der Waals surface area contributed by atoms with Crippen LogP contribution >= 0.6 is 0 Å². The second-order valence-electron chi connectivity index (χ2n) is 6.77. The standard InChI is InChI=1S/C19H22N2O6S/c1-14-4-3-11-20(13-14)28(24,25)17-9-10-19(18(12-17)21(22)23)27-16-7-5-15(26-2)6-8-16/h5-10,12,14H,3-4,11,13H2,1-2H3/t14-/m1/s1. The fourth-order valence-electron chi connectivity index (χ4n) is 3.17. The monoisotopic (exact) mass is 406 g/mol. The molecule has 0 N–H and O–H groups in total. The van der Waals surface area contributed by atoms with Gasteiger partial charge in [-0.1, -0.05) is 6.92 Å². The minimum atomic E-state index is -3.79. The zero-order valence-corrected chi connectivity index (χ0v) is 16.5. The summed E-state index contributed by atoms with van der Waals surface area (Å²) in [7, 11) is -2.26. The highest BCUT2D eigenvalue weighted by atomic mass is 32.2. The Hall–Kier alpha value is -2.65. The van der Waals surface area contributed by atoms with Gasteiger partial charge in [0.15, 0.2) is 0 Å². The molecule has 28 heavy (non-hydrogen) atoms. The Morgan fingerprint density at radius 2 is 1.82 bits per heavy atom. The van der Waals surface area contributed by atoms with Gasteiger partial charge in [0.25, 0.3) is 0 Å². The number of ether oxygens (including phenoxy) is 2. The first-order valence-electron chi connectivity index (χ1n) is 8.92. The first-order valence-corrected chi connectivity index (χ1v) is 10.4. The van der Waals surface area contributed by atoms with Crippen LogP contribution in [0.4, 0.5) is 5.69 Å². The molecule has 0 aliphatic carbocycles. The van der Waals surface area contributed by atoms with Crippen LogP contribution in [-0.2, 0) is 10.0 Å². The number of benzene rings is 2. The van der Waals surface area contributed by atoms with Crippen molar-refractivity contribution in [2.45, 2.75) is 24.7 Å². The predicted octanol–water partition coefficient (Wildman–Crippen LogP) is 3.82. The van der Waals surface area contributed by atoms with Gasteiger partial charge in [-0.25, -0.2) is 8.42 Å². The average Bonchev–Trinajstić information content (AvgIpc) is 2.68. The molecule has 0 aromatic heterocycles. The normalized spacial score (nSPS) is 17.9. The van der Waals surface area contributed by atoms with Gasteiger partial charge in [0, 0.05) is 19.2 Å². The highest BCUT2D eigenvalue weighted by Gasteiger charge is 2.31. The lowest BCUT2D eigenvalue weighted by Crippen LogP contribution is -2.39. The van der Waals surface area contributed by atoms with Gasteiger partial charge in [-0.2, -0.15) is 4.31 Å². The summed E-state index contributed by atoms with van der Waals surface area (Å²) in [6.07, 6.45) is 1.75. The molecule has 2 aromatic rings. The van der Waals surface area contributed by atoms with Crippen molar-refractivity contribution in [1.29, 1.82) is 0 Å². The lowest BCUT2D eigenvalue weighted by Gasteiger charge is -2.30. The highest BCUT2D eigenvalue weighted by Crippen LogP contribution is 2.35. The maximum Gasteiger partial charge on any atom is 0.312 e. The SMILES string of the molecule is COc1ccc(Oc2ccc(S(=O)(=O)N3CCC[C@@H](C)C3)cc2[N+](=O)[O-])cc1. The molecule has 150 valence electrons. The summed E-state index contributed by atoms with van der Waals surface area (Å²) < 4.78 is 37.8. The molecule has 9 heteroatoms. The number of nitrogens with zero attached hydrogens (tertiary/aromatic N) is 2. The zero-order valence-electron chi connectivity index (χ0n) is 15.7. The van der Waals surface area contributed by atoms with Crippen LogP contribution < -0.4 is 9.47 Å². The van der Waals surface area contributed by atoms with E-state index in [0.29, 0.717) is 24.6 Å². The molecule has 3 rings (SSSR count). The fraction of sp³-hybridized carbons (Fsp3) is 0.368. The molecule has 8 nitrogen and oxygen atoms in total. The lowest BCUT2D eigenvalue weighted by molar-refractivity contribution is -0.385. The summed E-state index contributed by atoms with van der Waals surface area (Å²) in [6, 6.07) is 10.3. The number of rotatable bonds is 6. The molecule has 2 aromatic carbocycles. The third-order valence-corrected chi connectivity index (χ3v) is 6.53. The van der Waals surface area contributed by atoms with Gasteiger partial charge in [0.1, 0.15) is 11.5 Å². The third-order valence-electron chi connectivity index (χ3n) is 4.67. The van der Waals surface area contributed by atoms with Gasteiger partial charge in [0.05, 0.1) is 16.9 Å². The average molecular weight is 406 g/mol. The van der Waals surface area contributed by atoms with E-state index in [-0.39, 0.29) is 16.6 Å². The smallest absolute Gasteiger partial charge is 0.312 e. The van der Waals surface area contributed by atoms with E-state index in [1.807, 2.05) is 6.92 Å². The van der Waals surface area contributed by atoms with E-state index in [9.17, 15) is 18.5 Å². The van der Waals surface area contributed by atoms with Crippen LogP contribution in [0.15, 0.2) is 47.4 Å². The molecule has 0 bridgehead atoms. The fourth-order valence-corrected chi connectivity index (χ4v) is 4.79. The second-order valence-corrected chi connectivity index (χ2v) is 8.71. The number of methoxy groups -OCH3 is 1. The summed E-state index contributed by atoms with van der Waals surface area (Å²) in [5, 5.41) is 11.5. The van der Waals surface area contributed by atoms with Gasteiger partial charge < -0.3 is 9.47 Å². The van der Waals surface area contributed by atoms with E-state index in [2.05, 4.69) is 0 Å².